The van der Waals surface area contributed by atoms with Crippen molar-refractivity contribution in [2.45, 2.75) is 11.8 Å². The highest BCUT2D eigenvalue weighted by Gasteiger charge is 2.24. The third-order valence-electron chi connectivity index (χ3n) is 5.07. The van der Waals surface area contributed by atoms with Crippen LogP contribution in [0.2, 0.25) is 5.02 Å². The molecule has 11 heteroatoms. The monoisotopic (exact) mass is 496 g/mol. The number of nitrogens with zero attached hydrogens (tertiary/aromatic N) is 3. The molecule has 4 rings (SSSR count). The molecule has 3 aromatic carbocycles. The van der Waals surface area contributed by atoms with E-state index in [-0.39, 0.29) is 10.6 Å². The minimum absolute atomic E-state index is 0.224. The fraction of sp³-hybridized carbons (Fsp3) is 0.0435. The molecule has 0 spiro atoms. The summed E-state index contributed by atoms with van der Waals surface area (Å²) in [6.45, 7) is 1.63. The van der Waals surface area contributed by atoms with Crippen LogP contribution in [0, 0.1) is 10.1 Å². The first-order valence-corrected chi connectivity index (χ1v) is 11.7. The molecule has 0 atom stereocenters. The Hall–Kier alpha value is -4.02. The Labute approximate surface area is 199 Å². The van der Waals surface area contributed by atoms with Crippen molar-refractivity contribution in [3.05, 3.63) is 105 Å². The molecule has 1 heterocycles. The van der Waals surface area contributed by atoms with E-state index in [4.69, 9.17) is 11.6 Å². The van der Waals surface area contributed by atoms with E-state index in [1.54, 1.807) is 49.4 Å². The van der Waals surface area contributed by atoms with Crippen LogP contribution in [0.5, 0.6) is 0 Å². The molecule has 1 N–H and O–H groups in total. The summed E-state index contributed by atoms with van der Waals surface area (Å²) in [7, 11) is -4.16. The van der Waals surface area contributed by atoms with Crippen molar-refractivity contribution in [1.82, 2.24) is 9.40 Å². The van der Waals surface area contributed by atoms with Crippen molar-refractivity contribution in [3.8, 4) is 0 Å². The molecule has 0 aliphatic carbocycles. The lowest BCUT2D eigenvalue weighted by Crippen LogP contribution is -2.19. The van der Waals surface area contributed by atoms with Crippen LogP contribution >= 0.6 is 11.6 Å². The quantitative estimate of drug-likeness (QED) is 0.237. The summed E-state index contributed by atoms with van der Waals surface area (Å²) in [6.07, 6.45) is 1.38. The summed E-state index contributed by atoms with van der Waals surface area (Å²) in [5, 5.41) is 16.2. The molecular weight excluding hydrogens is 480 g/mol. The molecule has 34 heavy (non-hydrogen) atoms. The second-order valence-electron chi connectivity index (χ2n) is 7.26. The van der Waals surface area contributed by atoms with Gasteiger partial charge in [-0.15, -0.1) is 0 Å². The zero-order valence-electron chi connectivity index (χ0n) is 17.7. The number of nitrogens with one attached hydrogen (secondary N) is 1. The molecule has 9 nitrogen and oxygen atoms in total. The Balaban J connectivity index is 1.75. The summed E-state index contributed by atoms with van der Waals surface area (Å²) in [5.74, 6) is -0.477. The number of nitro benzene ring substituents is 1. The van der Waals surface area contributed by atoms with Gasteiger partial charge in [-0.05, 0) is 37.3 Å². The van der Waals surface area contributed by atoms with Crippen LogP contribution in [0.4, 0.5) is 5.69 Å². The second kappa shape index (κ2) is 9.08. The number of carbonyl (C=O) groups excluding carboxylic acids is 1. The van der Waals surface area contributed by atoms with E-state index in [2.05, 4.69) is 10.5 Å². The van der Waals surface area contributed by atoms with Crippen LogP contribution in [-0.2, 0) is 10.0 Å². The summed E-state index contributed by atoms with van der Waals surface area (Å²) >= 11 is 5.92. The Morgan fingerprint density at radius 3 is 2.53 bits per heavy atom. The van der Waals surface area contributed by atoms with E-state index >= 15 is 0 Å². The normalized spacial score (nSPS) is 12.0. The largest absolute Gasteiger partial charge is 0.271 e. The molecule has 1 amide bonds. The minimum Gasteiger partial charge on any atom is -0.267 e. The Kier molecular flexibility index (Phi) is 6.18. The molecule has 1 aromatic heterocycles. The lowest BCUT2D eigenvalue weighted by molar-refractivity contribution is -0.385. The number of para-hydroxylation sites is 1. The van der Waals surface area contributed by atoms with Crippen molar-refractivity contribution in [2.75, 3.05) is 0 Å². The van der Waals surface area contributed by atoms with E-state index in [1.807, 2.05) is 0 Å². The standard InChI is InChI=1S/C23H17ClN4O5S/c1-15(25-26-23(29)16-6-4-7-17(24)12-16)21-14-27(22-11-3-2-10-20(21)22)34(32,33)19-9-5-8-18(13-19)28(30)31/h2-14H,1H3,(H,26,29)/b25-15+. The van der Waals surface area contributed by atoms with Crippen LogP contribution < -0.4 is 5.43 Å². The number of halogens is 1. The molecule has 0 aliphatic rings. The van der Waals surface area contributed by atoms with Gasteiger partial charge in [-0.2, -0.15) is 5.10 Å². The number of hydrogen-bond acceptors (Lipinski definition) is 6. The first kappa shape index (κ1) is 23.1. The zero-order chi connectivity index (χ0) is 24.5. The molecule has 0 saturated carbocycles. The van der Waals surface area contributed by atoms with Gasteiger partial charge >= 0.3 is 0 Å². The zero-order valence-corrected chi connectivity index (χ0v) is 19.2. The van der Waals surface area contributed by atoms with Gasteiger partial charge in [0.25, 0.3) is 21.6 Å². The van der Waals surface area contributed by atoms with Gasteiger partial charge in [0.05, 0.1) is 21.0 Å². The van der Waals surface area contributed by atoms with E-state index < -0.39 is 20.9 Å². The lowest BCUT2D eigenvalue weighted by atomic mass is 10.1. The maximum atomic E-state index is 13.4. The van der Waals surface area contributed by atoms with Gasteiger partial charge < -0.3 is 0 Å². The van der Waals surface area contributed by atoms with E-state index in [9.17, 15) is 23.3 Å². The van der Waals surface area contributed by atoms with Crippen LogP contribution in [0.25, 0.3) is 10.9 Å². The molecular formula is C23H17ClN4O5S. The average molecular weight is 497 g/mol. The SMILES string of the molecule is C/C(=N\NC(=O)c1cccc(Cl)c1)c1cn(S(=O)(=O)c2cccc([N+](=O)[O-])c2)c2ccccc12. The van der Waals surface area contributed by atoms with E-state index in [0.29, 0.717) is 32.8 Å². The number of amides is 1. The molecule has 0 aliphatic heterocycles. The highest BCUT2D eigenvalue weighted by Crippen LogP contribution is 2.28. The average Bonchev–Trinajstić information content (AvgIpc) is 3.23. The van der Waals surface area contributed by atoms with Crippen molar-refractivity contribution in [3.63, 3.8) is 0 Å². The Morgan fingerprint density at radius 1 is 1.06 bits per heavy atom. The maximum absolute atomic E-state index is 13.4. The molecule has 0 unspecified atom stereocenters. The van der Waals surface area contributed by atoms with Crippen molar-refractivity contribution in [1.29, 1.82) is 0 Å². The number of aromatic nitrogens is 1. The number of benzene rings is 3. The van der Waals surface area contributed by atoms with Gasteiger partial charge in [0.2, 0.25) is 0 Å². The minimum atomic E-state index is -4.16. The Bertz CT molecular complexity index is 1580. The number of hydrazone groups is 1. The van der Waals surface area contributed by atoms with E-state index in [1.165, 1.54) is 30.5 Å². The molecule has 0 bridgehead atoms. The second-order valence-corrected chi connectivity index (χ2v) is 9.52. The first-order chi connectivity index (χ1) is 16.2. The fourth-order valence-electron chi connectivity index (χ4n) is 3.40. The molecule has 0 saturated heterocycles. The van der Waals surface area contributed by atoms with Gasteiger partial charge in [-0.25, -0.2) is 17.8 Å². The molecule has 0 fully saturated rings. The van der Waals surface area contributed by atoms with Gasteiger partial charge in [-0.1, -0.05) is 41.9 Å². The van der Waals surface area contributed by atoms with Crippen LogP contribution in [0.1, 0.15) is 22.8 Å². The molecule has 4 aromatic rings. The smallest absolute Gasteiger partial charge is 0.267 e. The summed E-state index contributed by atoms with van der Waals surface area (Å²) in [4.78, 5) is 22.6. The van der Waals surface area contributed by atoms with Crippen molar-refractivity contribution >= 4 is 49.8 Å². The summed E-state index contributed by atoms with van der Waals surface area (Å²) in [6, 6.07) is 18.0. The third kappa shape index (κ3) is 4.41. The fourth-order valence-corrected chi connectivity index (χ4v) is 5.00. The molecule has 172 valence electrons. The third-order valence-corrected chi connectivity index (χ3v) is 6.97. The van der Waals surface area contributed by atoms with E-state index in [0.717, 1.165) is 10.0 Å². The van der Waals surface area contributed by atoms with Crippen molar-refractivity contribution < 1.29 is 18.1 Å². The highest BCUT2D eigenvalue weighted by molar-refractivity contribution is 7.90. The predicted molar refractivity (Wildman–Crippen MR) is 129 cm³/mol. The van der Waals surface area contributed by atoms with Crippen LogP contribution in [0.15, 0.2) is 89.0 Å². The van der Waals surface area contributed by atoms with Crippen LogP contribution in [-0.4, -0.2) is 28.9 Å². The van der Waals surface area contributed by atoms with Gasteiger partial charge in [0.15, 0.2) is 0 Å². The van der Waals surface area contributed by atoms with Gasteiger partial charge in [-0.3, -0.25) is 14.9 Å². The Morgan fingerprint density at radius 2 is 1.79 bits per heavy atom. The topological polar surface area (TPSA) is 124 Å². The van der Waals surface area contributed by atoms with Gasteiger partial charge in [0, 0.05) is 39.9 Å². The maximum Gasteiger partial charge on any atom is 0.271 e. The number of rotatable bonds is 6. The number of nitro groups is 1. The predicted octanol–water partition coefficient (Wildman–Crippen LogP) is 4.59. The highest BCUT2D eigenvalue weighted by atomic mass is 35.5. The number of carbonyl (C=O) groups is 1. The summed E-state index contributed by atoms with van der Waals surface area (Å²) < 4.78 is 27.8. The van der Waals surface area contributed by atoms with Crippen molar-refractivity contribution in [2.24, 2.45) is 5.10 Å². The first-order valence-electron chi connectivity index (χ1n) is 9.89. The van der Waals surface area contributed by atoms with Crippen LogP contribution in [0.3, 0.4) is 0 Å². The molecule has 0 radical (unpaired) electrons. The summed E-state index contributed by atoms with van der Waals surface area (Å²) in [5.41, 5.74) is 3.62. The number of non-ortho nitro benzene ring substituents is 1. The number of fused-ring (bicyclic) bond motifs is 1. The van der Waals surface area contributed by atoms with Gasteiger partial charge in [0.1, 0.15) is 0 Å². The number of hydrogen-bond donors (Lipinski definition) is 1. The lowest BCUT2D eigenvalue weighted by Gasteiger charge is -2.07.